The number of amides is 2. The van der Waals surface area contributed by atoms with E-state index in [-0.39, 0.29) is 41.9 Å². The van der Waals surface area contributed by atoms with Gasteiger partial charge in [0.25, 0.3) is 5.82 Å². The number of nitriles is 2. The Morgan fingerprint density at radius 3 is 2.77 bits per heavy atom. The van der Waals surface area contributed by atoms with Crippen LogP contribution >= 0.6 is 0 Å². The van der Waals surface area contributed by atoms with Crippen LogP contribution in [0.2, 0.25) is 0 Å². The molecule has 3 aromatic rings. The average molecular weight is 477 g/mol. The zero-order chi connectivity index (χ0) is 24.9. The minimum atomic E-state index is -0.737. The molecule has 0 radical (unpaired) electrons. The van der Waals surface area contributed by atoms with Crippen LogP contribution in [-0.4, -0.2) is 55.1 Å². The monoisotopic (exact) mass is 477 g/mol. The molecule has 2 N–H and O–H groups in total. The van der Waals surface area contributed by atoms with Gasteiger partial charge < -0.3 is 10.6 Å². The smallest absolute Gasteiger partial charge is 0.338 e. The van der Waals surface area contributed by atoms with Gasteiger partial charge in [0, 0.05) is 32.8 Å². The third-order valence-corrected chi connectivity index (χ3v) is 4.98. The molecule has 0 fully saturated rings. The summed E-state index contributed by atoms with van der Waals surface area (Å²) in [5.74, 6) is -1.29. The van der Waals surface area contributed by atoms with Crippen LogP contribution in [0.4, 0.5) is 19.5 Å². The van der Waals surface area contributed by atoms with Crippen LogP contribution in [0.25, 0.3) is 11.5 Å². The highest BCUT2D eigenvalue weighted by molar-refractivity contribution is 5.78. The van der Waals surface area contributed by atoms with Gasteiger partial charge in [-0.2, -0.15) is 20.6 Å². The molecule has 0 aliphatic carbocycles. The first-order chi connectivity index (χ1) is 16.9. The van der Waals surface area contributed by atoms with Crippen molar-refractivity contribution >= 4 is 18.2 Å². The molecule has 1 aliphatic rings. The molecule has 12 nitrogen and oxygen atoms in total. The number of carbonyl (C=O) groups is 1. The molecule has 1 aromatic carbocycles. The maximum atomic E-state index is 14.2. The molecular weight excluding hydrogens is 460 g/mol. The highest BCUT2D eigenvalue weighted by Gasteiger charge is 2.28. The number of nitrogens with zero attached hydrogens (tertiary/aromatic N) is 9. The number of hydrazone groups is 1. The fourth-order valence-corrected chi connectivity index (χ4v) is 3.43. The second-order valence-electron chi connectivity index (χ2n) is 7.32. The van der Waals surface area contributed by atoms with Crippen molar-refractivity contribution in [3.63, 3.8) is 0 Å². The largest absolute Gasteiger partial charge is 0.352 e. The van der Waals surface area contributed by atoms with Gasteiger partial charge in [-0.1, -0.05) is 0 Å². The Hall–Kier alpha value is -4.98. The number of aryl methyl sites for hydroxylation is 1. The number of anilines is 1. The van der Waals surface area contributed by atoms with E-state index in [1.807, 2.05) is 6.07 Å². The van der Waals surface area contributed by atoms with E-state index in [9.17, 15) is 13.6 Å². The highest BCUT2D eigenvalue weighted by atomic mass is 19.1. The predicted octanol–water partition coefficient (Wildman–Crippen LogP) is 1.85. The minimum Gasteiger partial charge on any atom is -0.352 e. The maximum absolute atomic E-state index is 14.2. The maximum Gasteiger partial charge on any atom is 0.338 e. The predicted molar refractivity (Wildman–Crippen MR) is 117 cm³/mol. The first kappa shape index (κ1) is 23.2. The van der Waals surface area contributed by atoms with Crippen molar-refractivity contribution in [2.75, 3.05) is 18.4 Å². The van der Waals surface area contributed by atoms with E-state index >= 15 is 0 Å². The summed E-state index contributed by atoms with van der Waals surface area (Å²) in [6.45, 7) is 0.336. The van der Waals surface area contributed by atoms with Crippen LogP contribution in [0.5, 0.6) is 0 Å². The van der Waals surface area contributed by atoms with Crippen molar-refractivity contribution in [2.24, 2.45) is 12.1 Å². The molecule has 2 aromatic heterocycles. The lowest BCUT2D eigenvalue weighted by Crippen LogP contribution is -2.39. The standard InChI is InChI=1S/C21H17F2N11O/c1-33-19(30-17(10-25)32-33)18-15(23)11-28-20(31-18)26-4-5-27-21(35)34-16(2-3-29-34)13-6-12(9-24)7-14(22)8-13/h3,6-8,11,16H,2,4-5H2,1H3,(H,27,35)(H,26,28,31)/t16-/m0/s1. The molecule has 176 valence electrons. The number of urea groups is 1. The normalized spacial score (nSPS) is 14.4. The second kappa shape index (κ2) is 9.88. The van der Waals surface area contributed by atoms with E-state index in [2.05, 4.69) is 35.8 Å². The van der Waals surface area contributed by atoms with Crippen LogP contribution < -0.4 is 10.6 Å². The Morgan fingerprint density at radius 1 is 1.20 bits per heavy atom. The summed E-state index contributed by atoms with van der Waals surface area (Å²) < 4.78 is 29.3. The van der Waals surface area contributed by atoms with Crippen molar-refractivity contribution in [3.05, 3.63) is 53.0 Å². The summed E-state index contributed by atoms with van der Waals surface area (Å²) in [5.41, 5.74) is 0.479. The van der Waals surface area contributed by atoms with E-state index in [1.54, 1.807) is 6.07 Å². The quantitative estimate of drug-likeness (QED) is 0.509. The van der Waals surface area contributed by atoms with Crippen molar-refractivity contribution in [1.29, 1.82) is 10.5 Å². The Kier molecular flexibility index (Phi) is 6.55. The topological polar surface area (TPSA) is 161 Å². The van der Waals surface area contributed by atoms with Gasteiger partial charge in [0.05, 0.1) is 23.9 Å². The number of hydrogen-bond donors (Lipinski definition) is 2. The van der Waals surface area contributed by atoms with Gasteiger partial charge in [-0.15, -0.1) is 5.10 Å². The summed E-state index contributed by atoms with van der Waals surface area (Å²) in [6.07, 6.45) is 2.88. The zero-order valence-corrected chi connectivity index (χ0v) is 18.3. The van der Waals surface area contributed by atoms with Crippen LogP contribution in [0, 0.1) is 34.3 Å². The molecule has 2 amide bonds. The SMILES string of the molecule is Cn1nc(C#N)nc1-c1nc(NCCNC(=O)N2N=CC[C@H]2c2cc(F)cc(C#N)c2)ncc1F. The van der Waals surface area contributed by atoms with Gasteiger partial charge in [-0.05, 0) is 23.8 Å². The third-order valence-electron chi connectivity index (χ3n) is 4.98. The van der Waals surface area contributed by atoms with Crippen LogP contribution in [-0.2, 0) is 7.05 Å². The lowest BCUT2D eigenvalue weighted by molar-refractivity contribution is 0.186. The van der Waals surface area contributed by atoms with Gasteiger partial charge in [-0.25, -0.2) is 33.2 Å². The van der Waals surface area contributed by atoms with Gasteiger partial charge in [0.15, 0.2) is 11.6 Å². The number of rotatable bonds is 6. The Labute approximate surface area is 197 Å². The number of carbonyl (C=O) groups excluding carboxylic acids is 1. The molecule has 0 saturated heterocycles. The Balaban J connectivity index is 1.36. The van der Waals surface area contributed by atoms with Gasteiger partial charge in [-0.3, -0.25) is 0 Å². The Morgan fingerprint density at radius 2 is 2.03 bits per heavy atom. The number of halogens is 2. The number of benzene rings is 1. The van der Waals surface area contributed by atoms with Gasteiger partial charge in [0.2, 0.25) is 5.95 Å². The lowest BCUT2D eigenvalue weighted by Gasteiger charge is -2.22. The van der Waals surface area contributed by atoms with Crippen LogP contribution in [0.15, 0.2) is 29.5 Å². The van der Waals surface area contributed by atoms with Gasteiger partial charge in [0.1, 0.15) is 17.6 Å². The number of hydrogen-bond acceptors (Lipinski definition) is 9. The summed E-state index contributed by atoms with van der Waals surface area (Å²) in [5, 5.41) is 32.6. The molecule has 35 heavy (non-hydrogen) atoms. The summed E-state index contributed by atoms with van der Waals surface area (Å²) >= 11 is 0. The molecule has 1 aliphatic heterocycles. The first-order valence-electron chi connectivity index (χ1n) is 10.3. The average Bonchev–Trinajstić information content (AvgIpc) is 3.49. The highest BCUT2D eigenvalue weighted by Crippen LogP contribution is 2.29. The molecule has 0 spiro atoms. The number of nitrogens with one attached hydrogen (secondary N) is 2. The van der Waals surface area contributed by atoms with Gasteiger partial charge >= 0.3 is 6.03 Å². The third kappa shape index (κ3) is 5.01. The van der Waals surface area contributed by atoms with Crippen molar-refractivity contribution in [2.45, 2.75) is 12.5 Å². The molecule has 1 atom stereocenters. The van der Waals surface area contributed by atoms with E-state index < -0.39 is 23.7 Å². The molecule has 4 rings (SSSR count). The fourth-order valence-electron chi connectivity index (χ4n) is 3.43. The Bertz CT molecular complexity index is 1390. The molecular formula is C21H17F2N11O. The fraction of sp³-hybridized carbons (Fsp3) is 0.238. The lowest BCUT2D eigenvalue weighted by atomic mass is 10.0. The molecule has 0 unspecified atom stereocenters. The van der Waals surface area contributed by atoms with E-state index in [0.29, 0.717) is 12.0 Å². The van der Waals surface area contributed by atoms with Crippen molar-refractivity contribution < 1.29 is 13.6 Å². The molecule has 14 heteroatoms. The molecule has 0 saturated carbocycles. The molecule has 0 bridgehead atoms. The van der Waals surface area contributed by atoms with Crippen molar-refractivity contribution in [3.8, 4) is 23.7 Å². The molecule has 3 heterocycles. The second-order valence-corrected chi connectivity index (χ2v) is 7.32. The van der Waals surface area contributed by atoms with E-state index in [0.717, 1.165) is 12.3 Å². The van der Waals surface area contributed by atoms with Crippen LogP contribution in [0.1, 0.15) is 29.4 Å². The first-order valence-corrected chi connectivity index (χ1v) is 10.3. The summed E-state index contributed by atoms with van der Waals surface area (Å²) in [4.78, 5) is 24.5. The number of aromatic nitrogens is 5. The van der Waals surface area contributed by atoms with E-state index in [1.165, 1.54) is 35.1 Å². The zero-order valence-electron chi connectivity index (χ0n) is 18.3. The van der Waals surface area contributed by atoms with Crippen LogP contribution in [0.3, 0.4) is 0 Å². The summed E-state index contributed by atoms with van der Waals surface area (Å²) in [7, 11) is 1.51. The van der Waals surface area contributed by atoms with Crippen molar-refractivity contribution in [1.82, 2.24) is 35.1 Å². The summed E-state index contributed by atoms with van der Waals surface area (Å²) in [6, 6.07) is 6.51. The van der Waals surface area contributed by atoms with E-state index in [4.69, 9.17) is 10.5 Å². The minimum absolute atomic E-state index is 0.0626.